The Labute approximate surface area is 230 Å². The highest BCUT2D eigenvalue weighted by atomic mass is 35.5. The lowest BCUT2D eigenvalue weighted by atomic mass is 10.0. The molecule has 1 heterocycles. The van der Waals surface area contributed by atoms with Gasteiger partial charge in [0.2, 0.25) is 0 Å². The van der Waals surface area contributed by atoms with Gasteiger partial charge in [-0.15, -0.1) is 11.3 Å². The molecule has 2 N–H and O–H groups in total. The fourth-order valence-electron chi connectivity index (χ4n) is 3.55. The summed E-state index contributed by atoms with van der Waals surface area (Å²) in [5.74, 6) is -0.864. The molecule has 0 fully saturated rings. The Balaban J connectivity index is 1.82. The predicted molar refractivity (Wildman–Crippen MR) is 149 cm³/mol. The number of anilines is 1. The van der Waals surface area contributed by atoms with E-state index in [1.54, 1.807) is 7.11 Å². The van der Waals surface area contributed by atoms with Gasteiger partial charge in [-0.1, -0.05) is 48.7 Å². The number of benzene rings is 2. The molecule has 10 heteroatoms. The first-order valence-electron chi connectivity index (χ1n) is 11.6. The van der Waals surface area contributed by atoms with Crippen molar-refractivity contribution in [1.29, 1.82) is 0 Å². The van der Waals surface area contributed by atoms with E-state index in [0.717, 1.165) is 24.0 Å². The Kier molecular flexibility index (Phi) is 10.1. The van der Waals surface area contributed by atoms with E-state index in [0.29, 0.717) is 28.7 Å². The number of hydrogen-bond donors (Lipinski definition) is 2. The Morgan fingerprint density at radius 3 is 2.57 bits per heavy atom. The topological polar surface area (TPSA) is 97.8 Å². The van der Waals surface area contributed by atoms with Crippen molar-refractivity contribution in [2.24, 2.45) is 0 Å². The van der Waals surface area contributed by atoms with Crippen LogP contribution in [0.3, 0.4) is 0 Å². The highest BCUT2D eigenvalue weighted by molar-refractivity contribution is 7.14. The van der Waals surface area contributed by atoms with Crippen molar-refractivity contribution in [2.75, 3.05) is 19.0 Å². The van der Waals surface area contributed by atoms with Gasteiger partial charge in [-0.05, 0) is 44.5 Å². The number of rotatable bonds is 11. The van der Waals surface area contributed by atoms with Gasteiger partial charge in [0.15, 0.2) is 5.13 Å². The van der Waals surface area contributed by atoms with Gasteiger partial charge in [-0.2, -0.15) is 0 Å². The molecule has 0 aliphatic rings. The van der Waals surface area contributed by atoms with Gasteiger partial charge in [0.05, 0.1) is 29.0 Å². The number of amides is 1. The van der Waals surface area contributed by atoms with Gasteiger partial charge in [0.25, 0.3) is 5.91 Å². The molecule has 3 rings (SSSR count). The van der Waals surface area contributed by atoms with E-state index < -0.39 is 11.9 Å². The van der Waals surface area contributed by atoms with Crippen molar-refractivity contribution in [3.8, 4) is 17.0 Å². The van der Waals surface area contributed by atoms with Gasteiger partial charge in [0.1, 0.15) is 5.75 Å². The van der Waals surface area contributed by atoms with Crippen LogP contribution in [0.4, 0.5) is 5.13 Å². The van der Waals surface area contributed by atoms with Crippen molar-refractivity contribution in [1.82, 2.24) is 4.98 Å². The third kappa shape index (κ3) is 7.11. The second kappa shape index (κ2) is 13.1. The molecule has 1 aromatic heterocycles. The molecule has 0 aliphatic heterocycles. The summed E-state index contributed by atoms with van der Waals surface area (Å²) in [7, 11) is 1.61. The zero-order valence-corrected chi connectivity index (χ0v) is 23.3. The first kappa shape index (κ1) is 28.7. The molecule has 2 aromatic carbocycles. The maximum Gasteiger partial charge on any atom is 0.331 e. The largest absolute Gasteiger partial charge is 0.496 e. The summed E-state index contributed by atoms with van der Waals surface area (Å²) in [6.45, 7) is 6.21. The van der Waals surface area contributed by atoms with E-state index in [9.17, 15) is 9.59 Å². The number of carboxylic acid groups (broad SMARTS) is 1. The van der Waals surface area contributed by atoms with Crippen molar-refractivity contribution >= 4 is 57.6 Å². The van der Waals surface area contributed by atoms with Gasteiger partial charge < -0.3 is 14.6 Å². The number of ether oxygens (including phenoxy) is 2. The number of nitrogens with one attached hydrogen (secondary N) is 1. The van der Waals surface area contributed by atoms with Crippen molar-refractivity contribution in [2.45, 2.75) is 39.7 Å². The smallest absolute Gasteiger partial charge is 0.331 e. The molecule has 3 aromatic rings. The number of thiazole rings is 1. The van der Waals surface area contributed by atoms with Crippen LogP contribution >= 0.6 is 34.5 Å². The van der Waals surface area contributed by atoms with Crippen molar-refractivity contribution in [3.05, 3.63) is 68.0 Å². The van der Waals surface area contributed by atoms with Gasteiger partial charge in [0, 0.05) is 39.8 Å². The van der Waals surface area contributed by atoms with E-state index in [2.05, 4.69) is 17.2 Å². The summed E-state index contributed by atoms with van der Waals surface area (Å²) in [5, 5.41) is 14.4. The molecule has 0 bridgehead atoms. The molecule has 0 saturated heterocycles. The van der Waals surface area contributed by atoms with Crippen LogP contribution < -0.4 is 10.1 Å². The number of carbonyl (C=O) groups excluding carboxylic acids is 1. The Morgan fingerprint density at radius 2 is 1.95 bits per heavy atom. The minimum absolute atomic E-state index is 0.0673. The molecule has 0 saturated carbocycles. The highest BCUT2D eigenvalue weighted by Gasteiger charge is 2.19. The quantitative estimate of drug-likeness (QED) is 0.183. The maximum absolute atomic E-state index is 12.9. The second-order valence-corrected chi connectivity index (χ2v) is 9.95. The maximum atomic E-state index is 12.9. The Bertz CT molecular complexity index is 1300. The SMILES string of the molecule is CCCCOC(C)c1cccc(-c2csc(NC(=O)c3cc(Cl)c(/C=C(\C)C(=O)O)c(Cl)c3)n2)c1OC. The Hall–Kier alpha value is -2.91. The van der Waals surface area contributed by atoms with E-state index in [4.69, 9.17) is 37.8 Å². The standard InChI is InChI=1S/C27H28Cl2N2O5S/c1-5-6-10-36-16(3)18-8-7-9-19(24(18)35-4)23-14-37-27(30-23)31-25(32)17-12-21(28)20(22(29)13-17)11-15(2)26(33)34/h7-9,11-14,16H,5-6,10H2,1-4H3,(H,33,34)(H,30,31,32)/b15-11+. The molecular formula is C27H28Cl2N2O5S. The van der Waals surface area contributed by atoms with Crippen LogP contribution in [0.15, 0.2) is 41.3 Å². The summed E-state index contributed by atoms with van der Waals surface area (Å²) in [5.41, 5.74) is 2.98. The molecule has 0 radical (unpaired) electrons. The summed E-state index contributed by atoms with van der Waals surface area (Å²) < 4.78 is 11.7. The van der Waals surface area contributed by atoms with Crippen molar-refractivity contribution in [3.63, 3.8) is 0 Å². The third-order valence-electron chi connectivity index (χ3n) is 5.59. The molecule has 1 atom stereocenters. The number of hydrogen-bond acceptors (Lipinski definition) is 6. The fraction of sp³-hybridized carbons (Fsp3) is 0.296. The van der Waals surface area contributed by atoms with Crippen LogP contribution in [-0.4, -0.2) is 35.7 Å². The number of halogens is 2. The number of unbranched alkanes of at least 4 members (excludes halogenated alkanes) is 1. The first-order valence-corrected chi connectivity index (χ1v) is 13.3. The molecule has 0 aliphatic carbocycles. The monoisotopic (exact) mass is 562 g/mol. The molecule has 1 unspecified atom stereocenters. The number of carbonyl (C=O) groups is 2. The zero-order valence-electron chi connectivity index (χ0n) is 20.9. The zero-order chi connectivity index (χ0) is 27.1. The van der Waals surface area contributed by atoms with Crippen molar-refractivity contribution < 1.29 is 24.2 Å². The van der Waals surface area contributed by atoms with Gasteiger partial charge in [-0.3, -0.25) is 10.1 Å². The minimum Gasteiger partial charge on any atom is -0.496 e. The molecule has 0 spiro atoms. The van der Waals surface area contributed by atoms with Gasteiger partial charge >= 0.3 is 5.97 Å². The lowest BCUT2D eigenvalue weighted by Crippen LogP contribution is -2.12. The molecule has 196 valence electrons. The van der Waals surface area contributed by atoms with E-state index in [1.165, 1.54) is 36.5 Å². The summed E-state index contributed by atoms with van der Waals surface area (Å²) in [6, 6.07) is 8.68. The number of nitrogens with zero attached hydrogens (tertiary/aromatic N) is 1. The normalized spacial score (nSPS) is 12.3. The van der Waals surface area contributed by atoms with E-state index in [-0.39, 0.29) is 27.3 Å². The van der Waals surface area contributed by atoms with E-state index in [1.807, 2.05) is 30.5 Å². The predicted octanol–water partition coefficient (Wildman–Crippen LogP) is 7.74. The fourth-order valence-corrected chi connectivity index (χ4v) is 4.86. The number of para-hydroxylation sites is 1. The van der Waals surface area contributed by atoms with Crippen LogP contribution in [0.2, 0.25) is 10.0 Å². The van der Waals surface area contributed by atoms with Crippen LogP contribution in [0, 0.1) is 0 Å². The molecule has 7 nitrogen and oxygen atoms in total. The summed E-state index contributed by atoms with van der Waals surface area (Å²) >= 11 is 13.8. The number of aromatic nitrogens is 1. The number of aliphatic carboxylic acids is 1. The van der Waals surface area contributed by atoms with Crippen LogP contribution in [-0.2, 0) is 9.53 Å². The molecule has 1 amide bonds. The average Bonchev–Trinajstić information content (AvgIpc) is 3.33. The van der Waals surface area contributed by atoms with Crippen LogP contribution in [0.5, 0.6) is 5.75 Å². The van der Waals surface area contributed by atoms with Gasteiger partial charge in [-0.25, -0.2) is 9.78 Å². The summed E-state index contributed by atoms with van der Waals surface area (Å²) in [6.07, 6.45) is 3.25. The minimum atomic E-state index is -1.09. The van der Waals surface area contributed by atoms with Crippen LogP contribution in [0.25, 0.3) is 17.3 Å². The van der Waals surface area contributed by atoms with Crippen LogP contribution in [0.1, 0.15) is 61.2 Å². The molecular weight excluding hydrogens is 535 g/mol. The third-order valence-corrected chi connectivity index (χ3v) is 6.98. The lowest BCUT2D eigenvalue weighted by molar-refractivity contribution is -0.132. The number of carboxylic acids is 1. The summed E-state index contributed by atoms with van der Waals surface area (Å²) in [4.78, 5) is 28.6. The second-order valence-electron chi connectivity index (χ2n) is 8.27. The number of methoxy groups -OCH3 is 1. The lowest BCUT2D eigenvalue weighted by Gasteiger charge is -2.18. The first-order chi connectivity index (χ1) is 17.7. The molecule has 37 heavy (non-hydrogen) atoms. The van der Waals surface area contributed by atoms with E-state index >= 15 is 0 Å². The Morgan fingerprint density at radius 1 is 1.24 bits per heavy atom. The average molecular weight is 564 g/mol. The highest BCUT2D eigenvalue weighted by Crippen LogP contribution is 2.38.